The van der Waals surface area contributed by atoms with Gasteiger partial charge in [-0.25, -0.2) is 8.78 Å². The van der Waals surface area contributed by atoms with Crippen molar-refractivity contribution in [3.05, 3.63) is 0 Å². The van der Waals surface area contributed by atoms with Gasteiger partial charge in [-0.15, -0.1) is 0 Å². The zero-order valence-corrected chi connectivity index (χ0v) is 2.41. The number of hydrogen-bond acceptors (Lipinski definition) is 1. The van der Waals surface area contributed by atoms with Crippen LogP contribution in [0.4, 0.5) is 8.78 Å². The fourth-order valence-electron chi connectivity index (χ4n) is 0. The first kappa shape index (κ1) is 2.08. The van der Waals surface area contributed by atoms with Gasteiger partial charge in [-0.3, -0.25) is 0 Å². The maximum absolute atomic E-state index is 11.0. The van der Waals surface area contributed by atoms with E-state index in [2.05, 4.69) is 5.73 Å². The first-order valence-electron chi connectivity index (χ1n) is 2.01. The van der Waals surface area contributed by atoms with Crippen LogP contribution in [0.5, 0.6) is 0 Å². The quantitative estimate of drug-likeness (QED) is 0.481. The number of halogens is 2. The van der Waals surface area contributed by atoms with Crippen molar-refractivity contribution in [3.63, 3.8) is 0 Å². The molecule has 0 aliphatic carbocycles. The van der Waals surface area contributed by atoms with Crippen LogP contribution < -0.4 is 5.73 Å². The van der Waals surface area contributed by atoms with Crippen molar-refractivity contribution in [2.75, 3.05) is 6.50 Å². The Bertz CT molecular complexity index is 59.2. The molecule has 0 bridgehead atoms. The summed E-state index contributed by atoms with van der Waals surface area (Å²) in [7, 11) is 0. The molecular weight excluding hydrogens is 76.0 g/mol. The lowest BCUT2D eigenvalue weighted by Crippen LogP contribution is -2.08. The molecular formula is C2H5F2N. The van der Waals surface area contributed by atoms with E-state index >= 15 is 0 Å². The van der Waals surface area contributed by atoms with Crippen molar-refractivity contribution in [1.82, 2.24) is 0 Å². The first-order chi connectivity index (χ1) is 2.94. The minimum absolute atomic E-state index is 2.83. The molecule has 0 aliphatic heterocycles. The lowest BCUT2D eigenvalue weighted by atomic mass is 10.7. The molecule has 0 unspecified atom stereocenters. The van der Waals surface area contributed by atoms with Crippen LogP contribution in [0.15, 0.2) is 0 Å². The third-order valence-electron chi connectivity index (χ3n) is 0.126. The average molecular weight is 83.1 g/mol. The van der Waals surface area contributed by atoms with E-state index < -0.39 is 12.9 Å². The van der Waals surface area contributed by atoms with Crippen molar-refractivity contribution in [3.8, 4) is 0 Å². The molecule has 0 saturated heterocycles. The maximum Gasteiger partial charge on any atom is 0.250 e. The van der Waals surface area contributed by atoms with E-state index in [1.165, 1.54) is 0 Å². The maximum atomic E-state index is 11.0. The Balaban J connectivity index is 3.54. The second kappa shape index (κ2) is 2.08. The summed E-state index contributed by atoms with van der Waals surface area (Å²) < 4.78 is 34.2. The van der Waals surface area contributed by atoms with Crippen LogP contribution in [0.3, 0.4) is 0 Å². The largest absolute Gasteiger partial charge is 0.325 e. The number of alkyl halides is 2. The highest BCUT2D eigenvalue weighted by Crippen LogP contribution is 1.82. The highest BCUT2D eigenvalue weighted by Gasteiger charge is 1.91. The molecule has 0 spiro atoms. The summed E-state index contributed by atoms with van der Waals surface area (Å²) >= 11 is 0. The van der Waals surface area contributed by atoms with Gasteiger partial charge in [0.2, 0.25) is 0 Å². The molecule has 0 fully saturated rings. The van der Waals surface area contributed by atoms with Gasteiger partial charge in [0.05, 0.1) is 6.50 Å². The SMILES string of the molecule is [2H]C([2H])(N)C(F)F. The lowest BCUT2D eigenvalue weighted by molar-refractivity contribution is 0.158. The fourth-order valence-corrected chi connectivity index (χ4v) is 0. The van der Waals surface area contributed by atoms with Gasteiger partial charge in [0.25, 0.3) is 6.43 Å². The molecule has 32 valence electrons. The van der Waals surface area contributed by atoms with Crippen LogP contribution in [-0.2, 0) is 0 Å². The molecule has 0 heterocycles. The number of hydrogen-bond donors (Lipinski definition) is 1. The number of rotatable bonds is 1. The normalized spacial score (nSPS) is 18.4. The van der Waals surface area contributed by atoms with Gasteiger partial charge < -0.3 is 5.73 Å². The molecule has 0 amide bonds. The molecule has 1 nitrogen and oxygen atoms in total. The fraction of sp³-hybridized carbons (Fsp3) is 1.00. The molecule has 2 N–H and O–H groups in total. The monoisotopic (exact) mass is 83.1 g/mol. The van der Waals surface area contributed by atoms with Crippen LogP contribution in [0.1, 0.15) is 2.74 Å². The summed E-state index contributed by atoms with van der Waals surface area (Å²) in [6.07, 6.45) is -3.09. The Hall–Kier alpha value is -0.180. The average Bonchev–Trinajstić information content (AvgIpc) is 1.31. The van der Waals surface area contributed by atoms with Crippen molar-refractivity contribution >= 4 is 0 Å². The molecule has 0 atom stereocenters. The lowest BCUT2D eigenvalue weighted by Gasteiger charge is -1.82. The summed E-state index contributed by atoms with van der Waals surface area (Å²) in [5, 5.41) is 0. The van der Waals surface area contributed by atoms with Crippen molar-refractivity contribution in [2.24, 2.45) is 5.73 Å². The number of nitrogens with two attached hydrogens (primary N) is 1. The summed E-state index contributed by atoms with van der Waals surface area (Å²) in [5.74, 6) is 0. The minimum Gasteiger partial charge on any atom is -0.325 e. The Morgan fingerprint density at radius 1 is 2.00 bits per heavy atom. The molecule has 0 rings (SSSR count). The van der Waals surface area contributed by atoms with Crippen molar-refractivity contribution in [1.29, 1.82) is 0 Å². The Labute approximate surface area is 31.6 Å². The van der Waals surface area contributed by atoms with E-state index in [1.54, 1.807) is 0 Å². The summed E-state index contributed by atoms with van der Waals surface area (Å²) in [5.41, 5.74) is 4.26. The van der Waals surface area contributed by atoms with E-state index in [0.29, 0.717) is 0 Å². The van der Waals surface area contributed by atoms with E-state index in [1.807, 2.05) is 0 Å². The van der Waals surface area contributed by atoms with E-state index in [9.17, 15) is 8.78 Å². The molecule has 0 radical (unpaired) electrons. The van der Waals surface area contributed by atoms with Gasteiger partial charge in [0.15, 0.2) is 0 Å². The smallest absolute Gasteiger partial charge is 0.250 e. The summed E-state index contributed by atoms with van der Waals surface area (Å²) in [4.78, 5) is 0. The molecule has 0 saturated carbocycles. The zero-order valence-electron chi connectivity index (χ0n) is 4.41. The predicted molar refractivity (Wildman–Crippen MR) is 15.1 cm³/mol. The standard InChI is InChI=1S/C2H5F2N/c3-2(4)1-5/h2H,1,5H2/i1D2. The van der Waals surface area contributed by atoms with E-state index in [-0.39, 0.29) is 0 Å². The van der Waals surface area contributed by atoms with Crippen LogP contribution >= 0.6 is 0 Å². The third kappa shape index (κ3) is 3.82. The molecule has 3 heteroatoms. The van der Waals surface area contributed by atoms with Gasteiger partial charge in [-0.1, -0.05) is 0 Å². The van der Waals surface area contributed by atoms with Crippen LogP contribution in [0.25, 0.3) is 0 Å². The Morgan fingerprint density at radius 3 is 2.20 bits per heavy atom. The predicted octanol–water partition coefficient (Wildman–Crippen LogP) is 0.210. The summed E-state index contributed by atoms with van der Waals surface area (Å²) in [6.45, 7) is -2.83. The van der Waals surface area contributed by atoms with Gasteiger partial charge in [0.1, 0.15) is 0 Å². The molecule has 0 aromatic carbocycles. The van der Waals surface area contributed by atoms with Gasteiger partial charge in [0, 0.05) is 2.74 Å². The molecule has 0 aromatic rings. The molecule has 0 aromatic heterocycles. The Kier molecular flexibility index (Phi) is 0.865. The van der Waals surface area contributed by atoms with E-state index in [4.69, 9.17) is 2.74 Å². The first-order valence-corrected chi connectivity index (χ1v) is 1.01. The van der Waals surface area contributed by atoms with Gasteiger partial charge >= 0.3 is 0 Å². The Morgan fingerprint density at radius 2 is 2.20 bits per heavy atom. The van der Waals surface area contributed by atoms with Crippen LogP contribution in [0.2, 0.25) is 0 Å². The highest BCUT2D eigenvalue weighted by molar-refractivity contribution is 4.30. The van der Waals surface area contributed by atoms with Crippen LogP contribution in [-0.4, -0.2) is 12.9 Å². The van der Waals surface area contributed by atoms with Gasteiger partial charge in [-0.05, 0) is 0 Å². The second-order valence-electron chi connectivity index (χ2n) is 0.467. The summed E-state index contributed by atoms with van der Waals surface area (Å²) in [6, 6.07) is 0. The molecule has 5 heavy (non-hydrogen) atoms. The molecule has 0 aliphatic rings. The second-order valence-corrected chi connectivity index (χ2v) is 0.467. The zero-order chi connectivity index (χ0) is 6.08. The van der Waals surface area contributed by atoms with Gasteiger partial charge in [-0.2, -0.15) is 0 Å². The van der Waals surface area contributed by atoms with Crippen LogP contribution in [0, 0.1) is 0 Å². The topological polar surface area (TPSA) is 26.0 Å². The van der Waals surface area contributed by atoms with Crippen molar-refractivity contribution < 1.29 is 11.5 Å². The van der Waals surface area contributed by atoms with E-state index in [0.717, 1.165) is 0 Å². The highest BCUT2D eigenvalue weighted by atomic mass is 19.3. The van der Waals surface area contributed by atoms with Crippen molar-refractivity contribution in [2.45, 2.75) is 6.43 Å². The minimum atomic E-state index is -3.09. The third-order valence-corrected chi connectivity index (χ3v) is 0.126.